The molecule has 37 heavy (non-hydrogen) atoms. The quantitative estimate of drug-likeness (QED) is 0.389. The van der Waals surface area contributed by atoms with E-state index in [2.05, 4.69) is 20.5 Å². The van der Waals surface area contributed by atoms with Gasteiger partial charge in [-0.3, -0.25) is 9.59 Å². The number of para-hydroxylation sites is 1. The van der Waals surface area contributed by atoms with Crippen LogP contribution in [0.1, 0.15) is 36.8 Å². The van der Waals surface area contributed by atoms with Crippen molar-refractivity contribution in [3.8, 4) is 0 Å². The van der Waals surface area contributed by atoms with Crippen LogP contribution in [0.15, 0.2) is 48.7 Å². The molecule has 2 atom stereocenters. The summed E-state index contributed by atoms with van der Waals surface area (Å²) in [6, 6.07) is 12.6. The molecule has 0 spiro atoms. The van der Waals surface area contributed by atoms with Crippen LogP contribution in [-0.2, 0) is 21.4 Å². The molecular formula is C29H32Cl2N4O2. The number of hydrogen-bond acceptors (Lipinski definition) is 3. The first-order valence-electron chi connectivity index (χ1n) is 13.2. The van der Waals surface area contributed by atoms with Gasteiger partial charge in [-0.1, -0.05) is 47.5 Å². The maximum atomic E-state index is 13.7. The van der Waals surface area contributed by atoms with Gasteiger partial charge in [-0.25, -0.2) is 0 Å². The van der Waals surface area contributed by atoms with E-state index in [-0.39, 0.29) is 11.8 Å². The summed E-state index contributed by atoms with van der Waals surface area (Å²) in [5, 5.41) is 8.40. The number of halogens is 2. The van der Waals surface area contributed by atoms with Gasteiger partial charge in [-0.15, -0.1) is 0 Å². The molecule has 1 saturated carbocycles. The smallest absolute Gasteiger partial charge is 0.242 e. The van der Waals surface area contributed by atoms with E-state index in [1.807, 2.05) is 36.5 Å². The van der Waals surface area contributed by atoms with Gasteiger partial charge in [0.05, 0.1) is 5.41 Å². The lowest BCUT2D eigenvalue weighted by molar-refractivity contribution is -0.130. The van der Waals surface area contributed by atoms with Crippen LogP contribution in [0.3, 0.4) is 0 Å². The van der Waals surface area contributed by atoms with Crippen molar-refractivity contribution >= 4 is 45.9 Å². The van der Waals surface area contributed by atoms with Crippen molar-refractivity contribution < 1.29 is 9.59 Å². The number of nitrogens with zero attached hydrogens (tertiary/aromatic N) is 1. The van der Waals surface area contributed by atoms with Crippen molar-refractivity contribution in [2.75, 3.05) is 26.2 Å². The fourth-order valence-corrected chi connectivity index (χ4v) is 6.91. The Balaban J connectivity index is 1.21. The van der Waals surface area contributed by atoms with E-state index in [1.54, 1.807) is 12.1 Å². The third-order valence-corrected chi connectivity index (χ3v) is 9.23. The van der Waals surface area contributed by atoms with Gasteiger partial charge in [0.2, 0.25) is 11.8 Å². The average molecular weight is 540 g/mol. The van der Waals surface area contributed by atoms with Gasteiger partial charge in [0.15, 0.2) is 0 Å². The highest BCUT2D eigenvalue weighted by molar-refractivity contribution is 6.35. The second-order valence-electron chi connectivity index (χ2n) is 10.9. The molecule has 4 aliphatic rings. The molecule has 7 rings (SSSR count). The second kappa shape index (κ2) is 9.97. The number of rotatable bonds is 8. The maximum Gasteiger partial charge on any atom is 0.242 e. The predicted molar refractivity (Wildman–Crippen MR) is 147 cm³/mol. The normalized spacial score (nSPS) is 24.5. The standard InChI is InChI=1S/C29H32Cl2N4O2/c30-21-5-6-23(24(31)14-21)29(9-10-29)28(37)34-26(13-19-15-32-25-4-2-1-3-22(19)25)27(36)33-16-20-17-35-11-7-18(20)8-12-35/h1-6,14-15,18,20,26,32H,7-13,16-17H2,(H,33,36)(H,34,37). The van der Waals surface area contributed by atoms with Crippen molar-refractivity contribution in [1.29, 1.82) is 0 Å². The van der Waals surface area contributed by atoms with Crippen LogP contribution in [0.25, 0.3) is 10.9 Å². The van der Waals surface area contributed by atoms with Crippen molar-refractivity contribution in [2.45, 2.75) is 43.6 Å². The summed E-state index contributed by atoms with van der Waals surface area (Å²) in [6.07, 6.45) is 6.16. The molecule has 4 fully saturated rings. The number of carbonyl (C=O) groups excluding carboxylic acids is 2. The number of aromatic nitrogens is 1. The Labute approximate surface area is 227 Å². The minimum Gasteiger partial charge on any atom is -0.361 e. The molecular weight excluding hydrogens is 507 g/mol. The molecule has 2 unspecified atom stereocenters. The van der Waals surface area contributed by atoms with Crippen LogP contribution < -0.4 is 10.6 Å². The molecule has 194 valence electrons. The topological polar surface area (TPSA) is 77.2 Å². The average Bonchev–Trinajstić information content (AvgIpc) is 3.62. The monoisotopic (exact) mass is 538 g/mol. The fourth-order valence-electron chi connectivity index (χ4n) is 6.32. The number of fused-ring (bicyclic) bond motifs is 4. The second-order valence-corrected chi connectivity index (χ2v) is 11.8. The van der Waals surface area contributed by atoms with Crippen LogP contribution >= 0.6 is 23.2 Å². The molecule has 6 nitrogen and oxygen atoms in total. The van der Waals surface area contributed by atoms with E-state index >= 15 is 0 Å². The first-order chi connectivity index (χ1) is 17.9. The summed E-state index contributed by atoms with van der Waals surface area (Å²) in [7, 11) is 0. The summed E-state index contributed by atoms with van der Waals surface area (Å²) in [6.45, 7) is 4.03. The van der Waals surface area contributed by atoms with Crippen LogP contribution in [0.2, 0.25) is 10.0 Å². The number of nitrogens with one attached hydrogen (secondary N) is 3. The van der Waals surface area contributed by atoms with E-state index in [1.165, 1.54) is 25.9 Å². The largest absolute Gasteiger partial charge is 0.361 e. The molecule has 4 heterocycles. The first-order valence-corrected chi connectivity index (χ1v) is 14.0. The minimum atomic E-state index is -0.712. The van der Waals surface area contributed by atoms with Crippen molar-refractivity contribution in [1.82, 2.24) is 20.5 Å². The fraction of sp³-hybridized carbons (Fsp3) is 0.448. The Morgan fingerprint density at radius 1 is 1.11 bits per heavy atom. The zero-order chi connectivity index (χ0) is 25.6. The molecule has 2 aromatic carbocycles. The Kier molecular flexibility index (Phi) is 6.68. The minimum absolute atomic E-state index is 0.131. The number of aromatic amines is 1. The number of hydrogen-bond donors (Lipinski definition) is 3. The van der Waals surface area contributed by atoms with Crippen LogP contribution in [0, 0.1) is 11.8 Å². The van der Waals surface area contributed by atoms with Gasteiger partial charge in [0.1, 0.15) is 6.04 Å². The number of benzene rings is 2. The van der Waals surface area contributed by atoms with Crippen molar-refractivity contribution in [3.05, 3.63) is 69.8 Å². The predicted octanol–water partition coefficient (Wildman–Crippen LogP) is 4.69. The zero-order valence-electron chi connectivity index (χ0n) is 20.7. The summed E-state index contributed by atoms with van der Waals surface area (Å²) in [5.74, 6) is 0.861. The van der Waals surface area contributed by atoms with Crippen LogP contribution in [0.5, 0.6) is 0 Å². The van der Waals surface area contributed by atoms with E-state index in [0.29, 0.717) is 47.7 Å². The summed E-state index contributed by atoms with van der Waals surface area (Å²) < 4.78 is 0. The van der Waals surface area contributed by atoms with Gasteiger partial charge in [-0.2, -0.15) is 0 Å². The highest BCUT2D eigenvalue weighted by atomic mass is 35.5. The molecule has 0 radical (unpaired) electrons. The van der Waals surface area contributed by atoms with E-state index in [4.69, 9.17) is 23.2 Å². The molecule has 8 heteroatoms. The number of amides is 2. The summed E-state index contributed by atoms with van der Waals surface area (Å²) in [4.78, 5) is 33.1. The number of carbonyl (C=O) groups is 2. The third kappa shape index (κ3) is 4.87. The third-order valence-electron chi connectivity index (χ3n) is 8.68. The Bertz CT molecular complexity index is 1330. The lowest BCUT2D eigenvalue weighted by atomic mass is 9.79. The molecule has 3 saturated heterocycles. The van der Waals surface area contributed by atoms with Crippen molar-refractivity contribution in [2.24, 2.45) is 11.8 Å². The zero-order valence-corrected chi connectivity index (χ0v) is 22.2. The number of H-pyrrole nitrogens is 1. The Morgan fingerprint density at radius 3 is 2.59 bits per heavy atom. The molecule has 1 aliphatic carbocycles. The summed E-state index contributed by atoms with van der Waals surface area (Å²) in [5.41, 5.74) is 2.08. The first kappa shape index (κ1) is 24.8. The van der Waals surface area contributed by atoms with E-state index in [0.717, 1.165) is 28.6 Å². The summed E-state index contributed by atoms with van der Waals surface area (Å²) >= 11 is 12.6. The van der Waals surface area contributed by atoms with Gasteiger partial charge in [0.25, 0.3) is 0 Å². The maximum absolute atomic E-state index is 13.7. The molecule has 3 aliphatic heterocycles. The van der Waals surface area contributed by atoms with Crippen molar-refractivity contribution in [3.63, 3.8) is 0 Å². The van der Waals surface area contributed by atoms with E-state index < -0.39 is 11.5 Å². The van der Waals surface area contributed by atoms with Crippen LogP contribution in [0.4, 0.5) is 0 Å². The molecule has 2 bridgehead atoms. The van der Waals surface area contributed by atoms with Gasteiger partial charge in [-0.05, 0) is 79.9 Å². The lowest BCUT2D eigenvalue weighted by Crippen LogP contribution is -2.54. The molecule has 3 aromatic rings. The van der Waals surface area contributed by atoms with Gasteiger partial charge >= 0.3 is 0 Å². The lowest BCUT2D eigenvalue weighted by Gasteiger charge is -2.45. The van der Waals surface area contributed by atoms with Gasteiger partial charge in [0, 0.05) is 46.7 Å². The highest BCUT2D eigenvalue weighted by Crippen LogP contribution is 2.51. The Morgan fingerprint density at radius 2 is 1.89 bits per heavy atom. The SMILES string of the molecule is O=C(NCC1CN2CCC1CC2)C(Cc1c[nH]c2ccccc12)NC(=O)C1(c2ccc(Cl)cc2Cl)CC1. The highest BCUT2D eigenvalue weighted by Gasteiger charge is 2.53. The Hall–Kier alpha value is -2.54. The molecule has 2 amide bonds. The van der Waals surface area contributed by atoms with Gasteiger partial charge < -0.3 is 20.5 Å². The molecule has 1 aromatic heterocycles. The van der Waals surface area contributed by atoms with Crippen LogP contribution in [-0.4, -0.2) is 53.9 Å². The number of piperidine rings is 3. The van der Waals surface area contributed by atoms with E-state index in [9.17, 15) is 9.59 Å². The molecule has 3 N–H and O–H groups in total.